The van der Waals surface area contributed by atoms with Crippen LogP contribution in [-0.2, 0) is 9.53 Å². The molecule has 1 fully saturated rings. The van der Waals surface area contributed by atoms with Gasteiger partial charge in [0, 0.05) is 42.6 Å². The zero-order chi connectivity index (χ0) is 17.4. The molecule has 1 N–H and O–H groups in total. The second-order valence-electron chi connectivity index (χ2n) is 5.73. The van der Waals surface area contributed by atoms with Gasteiger partial charge in [-0.1, -0.05) is 6.92 Å². The summed E-state index contributed by atoms with van der Waals surface area (Å²) in [6.45, 7) is 5.40. The molecular weight excluding hydrogens is 330 g/mol. The van der Waals surface area contributed by atoms with Crippen molar-refractivity contribution in [3.8, 4) is 0 Å². The molecule has 0 radical (unpaired) electrons. The van der Waals surface area contributed by atoms with Crippen LogP contribution in [0.25, 0.3) is 0 Å². The number of non-ortho nitro benzene ring substituents is 1. The number of nitro groups is 1. The molecule has 0 aliphatic carbocycles. The molecule has 0 aromatic heterocycles. The quantitative estimate of drug-likeness (QED) is 0.334. The smallest absolute Gasteiger partial charge is 0.269 e. The second kappa shape index (κ2) is 9.61. The van der Waals surface area contributed by atoms with Crippen molar-refractivity contribution >= 4 is 23.5 Å². The van der Waals surface area contributed by atoms with E-state index in [4.69, 9.17) is 4.74 Å². The van der Waals surface area contributed by atoms with E-state index in [1.165, 1.54) is 24.1 Å². The summed E-state index contributed by atoms with van der Waals surface area (Å²) in [5.74, 6) is 0.232. The zero-order valence-corrected chi connectivity index (χ0v) is 14.6. The number of rotatable bonds is 8. The van der Waals surface area contributed by atoms with Crippen LogP contribution in [0.5, 0.6) is 0 Å². The average molecular weight is 353 g/mol. The lowest BCUT2D eigenvalue weighted by molar-refractivity contribution is -0.384. The molecule has 1 saturated heterocycles. The Morgan fingerprint density at radius 3 is 2.67 bits per heavy atom. The second-order valence-corrected chi connectivity index (χ2v) is 6.69. The van der Waals surface area contributed by atoms with E-state index < -0.39 is 4.92 Å². The number of hydrogen-bond acceptors (Lipinski definition) is 6. The molecule has 1 aromatic carbocycles. The molecule has 1 amide bonds. The fourth-order valence-electron chi connectivity index (χ4n) is 2.47. The normalized spacial score (nSPS) is 16.0. The fourth-order valence-corrected chi connectivity index (χ4v) is 3.15. The predicted octanol–water partition coefficient (Wildman–Crippen LogP) is 2.47. The monoisotopic (exact) mass is 353 g/mol. The van der Waals surface area contributed by atoms with Crippen molar-refractivity contribution in [2.45, 2.75) is 24.7 Å². The number of hydrogen-bond donors (Lipinski definition) is 1. The molecule has 24 heavy (non-hydrogen) atoms. The average Bonchev–Trinajstić information content (AvgIpc) is 2.61. The van der Waals surface area contributed by atoms with Gasteiger partial charge in [0.25, 0.3) is 5.69 Å². The van der Waals surface area contributed by atoms with E-state index in [9.17, 15) is 14.9 Å². The minimum absolute atomic E-state index is 0.0225. The van der Waals surface area contributed by atoms with Gasteiger partial charge in [-0.3, -0.25) is 19.6 Å². The molecule has 2 rings (SSSR count). The maximum atomic E-state index is 12.3. The van der Waals surface area contributed by atoms with Crippen molar-refractivity contribution in [2.75, 3.05) is 32.8 Å². The van der Waals surface area contributed by atoms with Crippen LogP contribution in [-0.4, -0.2) is 48.6 Å². The van der Waals surface area contributed by atoms with Gasteiger partial charge in [0.05, 0.1) is 18.1 Å². The SMILES string of the molecule is CC(CCCNSc1ccc([N+](=O)[O-])cc1)C(=O)N1CCOCC1. The maximum Gasteiger partial charge on any atom is 0.269 e. The van der Waals surface area contributed by atoms with Crippen molar-refractivity contribution in [3.05, 3.63) is 34.4 Å². The van der Waals surface area contributed by atoms with Crippen molar-refractivity contribution in [1.82, 2.24) is 9.62 Å². The Labute approximate surface area is 146 Å². The van der Waals surface area contributed by atoms with Crippen LogP contribution in [0.1, 0.15) is 19.8 Å². The summed E-state index contributed by atoms with van der Waals surface area (Å²) in [5.41, 5.74) is 0.0924. The van der Waals surface area contributed by atoms with E-state index in [2.05, 4.69) is 4.72 Å². The molecule has 1 aromatic rings. The Kier molecular flexibility index (Phi) is 7.48. The highest BCUT2D eigenvalue weighted by Gasteiger charge is 2.21. The van der Waals surface area contributed by atoms with E-state index in [1.807, 2.05) is 11.8 Å². The highest BCUT2D eigenvalue weighted by Crippen LogP contribution is 2.19. The number of nitro benzene ring substituents is 1. The van der Waals surface area contributed by atoms with E-state index >= 15 is 0 Å². The van der Waals surface area contributed by atoms with Crippen molar-refractivity contribution in [2.24, 2.45) is 5.92 Å². The summed E-state index contributed by atoms with van der Waals surface area (Å²) in [4.78, 5) is 25.3. The van der Waals surface area contributed by atoms with Gasteiger partial charge in [-0.15, -0.1) is 0 Å². The Bertz CT molecular complexity index is 547. The largest absolute Gasteiger partial charge is 0.378 e. The minimum atomic E-state index is -0.408. The van der Waals surface area contributed by atoms with E-state index in [0.29, 0.717) is 26.3 Å². The number of carbonyl (C=O) groups is 1. The number of morpholine rings is 1. The van der Waals surface area contributed by atoms with Gasteiger partial charge in [-0.2, -0.15) is 0 Å². The molecule has 132 valence electrons. The Morgan fingerprint density at radius 2 is 2.04 bits per heavy atom. The van der Waals surface area contributed by atoms with Gasteiger partial charge in [0.15, 0.2) is 0 Å². The van der Waals surface area contributed by atoms with Crippen LogP contribution in [0, 0.1) is 16.0 Å². The van der Waals surface area contributed by atoms with E-state index in [1.54, 1.807) is 12.1 Å². The zero-order valence-electron chi connectivity index (χ0n) is 13.8. The maximum absolute atomic E-state index is 12.3. The lowest BCUT2D eigenvalue weighted by atomic mass is 10.0. The lowest BCUT2D eigenvalue weighted by Crippen LogP contribution is -2.43. The van der Waals surface area contributed by atoms with Gasteiger partial charge in [-0.05, 0) is 36.9 Å². The van der Waals surface area contributed by atoms with Crippen LogP contribution < -0.4 is 4.72 Å². The number of amides is 1. The third kappa shape index (κ3) is 5.77. The Morgan fingerprint density at radius 1 is 1.38 bits per heavy atom. The summed E-state index contributed by atoms with van der Waals surface area (Å²) in [6.07, 6.45) is 1.74. The molecule has 1 unspecified atom stereocenters. The van der Waals surface area contributed by atoms with Gasteiger partial charge >= 0.3 is 0 Å². The molecule has 7 nitrogen and oxygen atoms in total. The highest BCUT2D eigenvalue weighted by molar-refractivity contribution is 7.97. The number of benzene rings is 1. The lowest BCUT2D eigenvalue weighted by Gasteiger charge is -2.29. The summed E-state index contributed by atoms with van der Waals surface area (Å²) < 4.78 is 8.49. The van der Waals surface area contributed by atoms with E-state index in [-0.39, 0.29) is 17.5 Å². The standard InChI is InChI=1S/C16H23N3O4S/c1-13(16(20)18-9-11-23-12-10-18)3-2-8-17-24-15-6-4-14(5-7-15)19(21)22/h4-7,13,17H,2-3,8-12H2,1H3. The molecule has 1 aliphatic heterocycles. The summed E-state index contributed by atoms with van der Waals surface area (Å²) >= 11 is 1.44. The third-order valence-corrected chi connectivity index (χ3v) is 4.75. The third-order valence-electron chi connectivity index (χ3n) is 3.90. The van der Waals surface area contributed by atoms with Crippen LogP contribution in [0.15, 0.2) is 29.2 Å². The van der Waals surface area contributed by atoms with Gasteiger partial charge in [-0.25, -0.2) is 0 Å². The molecule has 0 saturated carbocycles. The molecule has 0 spiro atoms. The van der Waals surface area contributed by atoms with Crippen LogP contribution in [0.3, 0.4) is 0 Å². The molecule has 1 heterocycles. The Balaban J connectivity index is 1.61. The van der Waals surface area contributed by atoms with Crippen LogP contribution in [0.2, 0.25) is 0 Å². The topological polar surface area (TPSA) is 84.7 Å². The molecular formula is C16H23N3O4S. The number of ether oxygens (including phenoxy) is 1. The number of nitrogens with zero attached hydrogens (tertiary/aromatic N) is 2. The summed E-state index contributed by atoms with van der Waals surface area (Å²) in [6, 6.07) is 6.43. The first-order valence-electron chi connectivity index (χ1n) is 8.08. The molecule has 1 atom stereocenters. The van der Waals surface area contributed by atoms with Gasteiger partial charge < -0.3 is 9.64 Å². The molecule has 1 aliphatic rings. The molecule has 0 bridgehead atoms. The van der Waals surface area contributed by atoms with Crippen molar-refractivity contribution < 1.29 is 14.5 Å². The van der Waals surface area contributed by atoms with Crippen LogP contribution >= 0.6 is 11.9 Å². The highest BCUT2D eigenvalue weighted by atomic mass is 32.2. The van der Waals surface area contributed by atoms with Gasteiger partial charge in [0.2, 0.25) is 5.91 Å². The number of nitrogens with one attached hydrogen (secondary N) is 1. The van der Waals surface area contributed by atoms with Crippen molar-refractivity contribution in [1.29, 1.82) is 0 Å². The summed E-state index contributed by atoms with van der Waals surface area (Å²) in [5, 5.41) is 10.6. The Hall–Kier alpha value is -1.64. The van der Waals surface area contributed by atoms with Crippen molar-refractivity contribution in [3.63, 3.8) is 0 Å². The number of carbonyl (C=O) groups excluding carboxylic acids is 1. The summed E-state index contributed by atoms with van der Waals surface area (Å²) in [7, 11) is 0. The first-order chi connectivity index (χ1) is 11.6. The first kappa shape index (κ1) is 18.7. The minimum Gasteiger partial charge on any atom is -0.378 e. The molecule has 8 heteroatoms. The predicted molar refractivity (Wildman–Crippen MR) is 92.8 cm³/mol. The fraction of sp³-hybridized carbons (Fsp3) is 0.562. The first-order valence-corrected chi connectivity index (χ1v) is 8.90. The van der Waals surface area contributed by atoms with E-state index in [0.717, 1.165) is 24.3 Å². The van der Waals surface area contributed by atoms with Gasteiger partial charge in [0.1, 0.15) is 0 Å². The van der Waals surface area contributed by atoms with Crippen LogP contribution in [0.4, 0.5) is 5.69 Å².